The van der Waals surface area contributed by atoms with Crippen LogP contribution in [0.3, 0.4) is 0 Å². The number of ether oxygens (including phenoxy) is 3. The average Bonchev–Trinajstić information content (AvgIpc) is 3.02. The van der Waals surface area contributed by atoms with Crippen molar-refractivity contribution in [2.45, 2.75) is 26.7 Å². The quantitative estimate of drug-likeness (QED) is 0.720. The van der Waals surface area contributed by atoms with Gasteiger partial charge >= 0.3 is 5.97 Å². The van der Waals surface area contributed by atoms with Gasteiger partial charge in [-0.05, 0) is 31.9 Å². The van der Waals surface area contributed by atoms with E-state index < -0.39 is 5.41 Å². The molecule has 0 aliphatic carbocycles. The molecule has 0 radical (unpaired) electrons. The van der Waals surface area contributed by atoms with Crippen molar-refractivity contribution in [1.29, 1.82) is 0 Å². The molecule has 138 valence electrons. The molecule has 1 aromatic carbocycles. The zero-order chi connectivity index (χ0) is 18.6. The highest BCUT2D eigenvalue weighted by Crippen LogP contribution is 2.38. The number of hydrogen-bond donors (Lipinski definition) is 0. The van der Waals surface area contributed by atoms with E-state index >= 15 is 0 Å². The van der Waals surface area contributed by atoms with Crippen molar-refractivity contribution in [1.82, 2.24) is 4.90 Å². The molecule has 1 heterocycles. The summed E-state index contributed by atoms with van der Waals surface area (Å²) in [5, 5.41) is 0.325. The molecule has 0 bridgehead atoms. The minimum Gasteiger partial charge on any atom is -0.493 e. The molecule has 1 atom stereocenters. The lowest BCUT2D eigenvalue weighted by molar-refractivity contribution is -0.150. The first-order chi connectivity index (χ1) is 11.9. The fourth-order valence-electron chi connectivity index (χ4n) is 2.92. The molecule has 0 N–H and O–H groups in total. The van der Waals surface area contributed by atoms with Gasteiger partial charge in [0.25, 0.3) is 5.91 Å². The molecule has 2 rings (SSSR count). The number of benzene rings is 1. The summed E-state index contributed by atoms with van der Waals surface area (Å²) < 4.78 is 15.8. The number of likely N-dealkylation sites (tertiary alicyclic amines) is 1. The van der Waals surface area contributed by atoms with Gasteiger partial charge in [-0.25, -0.2) is 0 Å². The molecule has 0 aromatic heterocycles. The van der Waals surface area contributed by atoms with E-state index in [9.17, 15) is 9.59 Å². The molecule has 25 heavy (non-hydrogen) atoms. The van der Waals surface area contributed by atoms with Gasteiger partial charge in [-0.2, -0.15) is 0 Å². The first kappa shape index (κ1) is 19.4. The Balaban J connectivity index is 2.23. The van der Waals surface area contributed by atoms with Gasteiger partial charge in [0, 0.05) is 18.7 Å². The van der Waals surface area contributed by atoms with Gasteiger partial charge < -0.3 is 19.1 Å². The van der Waals surface area contributed by atoms with Crippen molar-refractivity contribution in [2.75, 3.05) is 33.9 Å². The number of amides is 1. The second-order valence-electron chi connectivity index (χ2n) is 6.37. The van der Waals surface area contributed by atoms with Crippen LogP contribution in [0.5, 0.6) is 11.5 Å². The van der Waals surface area contributed by atoms with Crippen molar-refractivity contribution in [3.05, 3.63) is 22.7 Å². The molecule has 0 saturated carbocycles. The number of rotatable bonds is 6. The van der Waals surface area contributed by atoms with Crippen LogP contribution in [0, 0.1) is 5.41 Å². The third kappa shape index (κ3) is 4.00. The van der Waals surface area contributed by atoms with E-state index in [0.717, 1.165) is 6.42 Å². The van der Waals surface area contributed by atoms with Crippen molar-refractivity contribution < 1.29 is 23.8 Å². The minimum atomic E-state index is -0.678. The Morgan fingerprint density at radius 3 is 2.64 bits per heavy atom. The van der Waals surface area contributed by atoms with E-state index in [1.165, 1.54) is 14.2 Å². The summed E-state index contributed by atoms with van der Waals surface area (Å²) in [4.78, 5) is 26.4. The lowest BCUT2D eigenvalue weighted by Crippen LogP contribution is -2.35. The number of carbonyl (C=O) groups is 2. The largest absolute Gasteiger partial charge is 0.493 e. The molecule has 7 heteroatoms. The van der Waals surface area contributed by atoms with Crippen LogP contribution in [-0.4, -0.2) is 50.7 Å². The summed E-state index contributed by atoms with van der Waals surface area (Å²) in [7, 11) is 2.86. The Morgan fingerprint density at radius 2 is 2.04 bits per heavy atom. The Hall–Kier alpha value is -1.95. The van der Waals surface area contributed by atoms with Gasteiger partial charge in [-0.1, -0.05) is 18.5 Å². The monoisotopic (exact) mass is 369 g/mol. The molecule has 1 aliphatic rings. The van der Waals surface area contributed by atoms with Gasteiger partial charge in [0.15, 0.2) is 11.5 Å². The van der Waals surface area contributed by atoms with Crippen LogP contribution in [-0.2, 0) is 9.53 Å². The maximum absolute atomic E-state index is 12.8. The highest BCUT2D eigenvalue weighted by Gasteiger charge is 2.43. The smallest absolute Gasteiger partial charge is 0.313 e. The summed E-state index contributed by atoms with van der Waals surface area (Å²) in [6, 6.07) is 3.19. The van der Waals surface area contributed by atoms with Crippen LogP contribution in [0.2, 0.25) is 5.02 Å². The van der Waals surface area contributed by atoms with E-state index in [1.807, 2.05) is 6.92 Å². The Morgan fingerprint density at radius 1 is 1.32 bits per heavy atom. The molecular formula is C18H24ClNO5. The molecule has 1 unspecified atom stereocenters. The Labute approximate surface area is 153 Å². The molecule has 1 saturated heterocycles. The molecular weight excluding hydrogens is 346 g/mol. The Bertz CT molecular complexity index is 663. The lowest BCUT2D eigenvalue weighted by Gasteiger charge is -2.22. The molecule has 1 fully saturated rings. The zero-order valence-corrected chi connectivity index (χ0v) is 15.8. The van der Waals surface area contributed by atoms with Gasteiger partial charge in [0.1, 0.15) is 0 Å². The zero-order valence-electron chi connectivity index (χ0n) is 15.1. The van der Waals surface area contributed by atoms with Crippen LogP contribution < -0.4 is 9.47 Å². The normalized spacial score (nSPS) is 19.6. The van der Waals surface area contributed by atoms with E-state index in [1.54, 1.807) is 24.0 Å². The van der Waals surface area contributed by atoms with Crippen molar-refractivity contribution in [3.8, 4) is 11.5 Å². The van der Waals surface area contributed by atoms with Crippen LogP contribution in [0.25, 0.3) is 0 Å². The fraction of sp³-hybridized carbons (Fsp3) is 0.556. The maximum Gasteiger partial charge on any atom is 0.313 e. The van der Waals surface area contributed by atoms with Crippen LogP contribution in [0.15, 0.2) is 12.1 Å². The lowest BCUT2D eigenvalue weighted by atomic mass is 9.90. The molecule has 6 nitrogen and oxygen atoms in total. The van der Waals surface area contributed by atoms with Crippen molar-refractivity contribution in [2.24, 2.45) is 5.41 Å². The number of halogens is 1. The van der Waals surface area contributed by atoms with Crippen molar-refractivity contribution in [3.63, 3.8) is 0 Å². The average molecular weight is 370 g/mol. The highest BCUT2D eigenvalue weighted by atomic mass is 35.5. The molecule has 1 amide bonds. The number of carbonyl (C=O) groups excluding carboxylic acids is 2. The first-order valence-electron chi connectivity index (χ1n) is 8.24. The maximum atomic E-state index is 12.8. The highest BCUT2D eigenvalue weighted by molar-refractivity contribution is 6.32. The summed E-state index contributed by atoms with van der Waals surface area (Å²) in [6.07, 6.45) is 1.40. The van der Waals surface area contributed by atoms with E-state index in [0.29, 0.717) is 48.2 Å². The second-order valence-corrected chi connectivity index (χ2v) is 6.77. The molecule has 1 aliphatic heterocycles. The number of methoxy groups -OCH3 is 2. The minimum absolute atomic E-state index is 0.199. The van der Waals surface area contributed by atoms with Gasteiger partial charge in [0.05, 0.1) is 31.3 Å². The van der Waals surface area contributed by atoms with Crippen LogP contribution in [0.1, 0.15) is 37.0 Å². The summed E-state index contributed by atoms with van der Waals surface area (Å²) in [5.41, 5.74) is -0.276. The number of nitrogens with zero attached hydrogens (tertiary/aromatic N) is 1. The number of esters is 1. The summed E-state index contributed by atoms with van der Waals surface area (Å²) in [6.45, 7) is 5.10. The third-order valence-corrected chi connectivity index (χ3v) is 4.65. The predicted octanol–water partition coefficient (Wildman–Crippen LogP) is 3.16. The first-order valence-corrected chi connectivity index (χ1v) is 8.62. The fourth-order valence-corrected chi connectivity index (χ4v) is 3.18. The van der Waals surface area contributed by atoms with Crippen molar-refractivity contribution >= 4 is 23.5 Å². The van der Waals surface area contributed by atoms with Gasteiger partial charge in [-0.3, -0.25) is 9.59 Å². The third-order valence-electron chi connectivity index (χ3n) is 4.37. The van der Waals surface area contributed by atoms with Gasteiger partial charge in [-0.15, -0.1) is 0 Å². The molecule has 0 spiro atoms. The van der Waals surface area contributed by atoms with Crippen LogP contribution in [0.4, 0.5) is 0 Å². The predicted molar refractivity (Wildman–Crippen MR) is 94.4 cm³/mol. The Kier molecular flexibility index (Phi) is 6.16. The van der Waals surface area contributed by atoms with E-state index in [2.05, 4.69) is 0 Å². The van der Waals surface area contributed by atoms with E-state index in [4.69, 9.17) is 25.8 Å². The van der Waals surface area contributed by atoms with Gasteiger partial charge in [0.2, 0.25) is 0 Å². The SMILES string of the molecule is CCCOc1c(Cl)cc(C(=O)N2CCC(C)(C(=O)OC)C2)cc1OC. The number of hydrogen-bond acceptors (Lipinski definition) is 5. The standard InChI is InChI=1S/C18H24ClNO5/c1-5-8-25-15-13(19)9-12(10-14(15)23-3)16(21)20-7-6-18(2,11-20)17(22)24-4/h9-10H,5-8,11H2,1-4H3. The summed E-state index contributed by atoms with van der Waals surface area (Å²) in [5.74, 6) is 0.346. The summed E-state index contributed by atoms with van der Waals surface area (Å²) >= 11 is 6.28. The topological polar surface area (TPSA) is 65.1 Å². The van der Waals surface area contributed by atoms with Crippen LogP contribution >= 0.6 is 11.6 Å². The second kappa shape index (κ2) is 7.95. The van der Waals surface area contributed by atoms with E-state index in [-0.39, 0.29) is 11.9 Å². The molecule has 1 aromatic rings.